The van der Waals surface area contributed by atoms with Gasteiger partial charge >= 0.3 is 0 Å². The SMILES string of the molecule is COc1cc(-c2nc(C(=O)N3CCCCC3)co2)ccc1CNC(=O)Cc1ccccc1. The third-order valence-corrected chi connectivity index (χ3v) is 5.58. The van der Waals surface area contributed by atoms with Gasteiger partial charge in [0.2, 0.25) is 11.8 Å². The molecule has 2 aromatic carbocycles. The van der Waals surface area contributed by atoms with Gasteiger partial charge in [0.05, 0.1) is 13.5 Å². The summed E-state index contributed by atoms with van der Waals surface area (Å²) in [6.45, 7) is 1.87. The first-order valence-electron chi connectivity index (χ1n) is 10.9. The van der Waals surface area contributed by atoms with E-state index in [4.69, 9.17) is 9.15 Å². The summed E-state index contributed by atoms with van der Waals surface area (Å²) in [6, 6.07) is 15.1. The van der Waals surface area contributed by atoms with E-state index in [1.807, 2.05) is 47.4 Å². The first-order chi connectivity index (χ1) is 15.6. The highest BCUT2D eigenvalue weighted by Gasteiger charge is 2.22. The largest absolute Gasteiger partial charge is 0.496 e. The average Bonchev–Trinajstić information content (AvgIpc) is 3.34. The second-order valence-electron chi connectivity index (χ2n) is 7.86. The summed E-state index contributed by atoms with van der Waals surface area (Å²) in [7, 11) is 1.58. The molecule has 0 spiro atoms. The van der Waals surface area contributed by atoms with Crippen molar-refractivity contribution in [1.82, 2.24) is 15.2 Å². The van der Waals surface area contributed by atoms with Crippen molar-refractivity contribution in [1.29, 1.82) is 0 Å². The number of aromatic nitrogens is 1. The van der Waals surface area contributed by atoms with Gasteiger partial charge in [-0.05, 0) is 37.0 Å². The van der Waals surface area contributed by atoms with E-state index in [0.29, 0.717) is 35.9 Å². The molecule has 166 valence electrons. The van der Waals surface area contributed by atoms with Crippen molar-refractivity contribution < 1.29 is 18.7 Å². The van der Waals surface area contributed by atoms with Crippen LogP contribution >= 0.6 is 0 Å². The van der Waals surface area contributed by atoms with Gasteiger partial charge < -0.3 is 19.4 Å². The van der Waals surface area contributed by atoms with E-state index in [2.05, 4.69) is 10.3 Å². The zero-order chi connectivity index (χ0) is 22.3. The molecule has 7 heteroatoms. The third kappa shape index (κ3) is 5.17. The van der Waals surface area contributed by atoms with Crippen molar-refractivity contribution in [3.05, 3.63) is 71.6 Å². The van der Waals surface area contributed by atoms with E-state index < -0.39 is 0 Å². The predicted molar refractivity (Wildman–Crippen MR) is 120 cm³/mol. The molecular formula is C25H27N3O4. The molecule has 2 heterocycles. The zero-order valence-electron chi connectivity index (χ0n) is 18.2. The van der Waals surface area contributed by atoms with E-state index in [9.17, 15) is 9.59 Å². The number of carbonyl (C=O) groups is 2. The number of benzene rings is 2. The molecule has 1 aromatic heterocycles. The lowest BCUT2D eigenvalue weighted by Gasteiger charge is -2.25. The molecule has 1 saturated heterocycles. The molecule has 1 N–H and O–H groups in total. The van der Waals surface area contributed by atoms with Crippen LogP contribution in [0.5, 0.6) is 5.75 Å². The topological polar surface area (TPSA) is 84.7 Å². The smallest absolute Gasteiger partial charge is 0.275 e. The molecule has 0 radical (unpaired) electrons. The zero-order valence-corrected chi connectivity index (χ0v) is 18.2. The van der Waals surface area contributed by atoms with Crippen molar-refractivity contribution in [2.24, 2.45) is 0 Å². The predicted octanol–water partition coefficient (Wildman–Crippen LogP) is 3.84. The van der Waals surface area contributed by atoms with Gasteiger partial charge in [0, 0.05) is 30.8 Å². The molecule has 32 heavy (non-hydrogen) atoms. The molecule has 0 aliphatic carbocycles. The Balaban J connectivity index is 1.41. The van der Waals surface area contributed by atoms with Gasteiger partial charge in [0.15, 0.2) is 5.69 Å². The minimum Gasteiger partial charge on any atom is -0.496 e. The van der Waals surface area contributed by atoms with Crippen molar-refractivity contribution in [3.63, 3.8) is 0 Å². The van der Waals surface area contributed by atoms with E-state index in [1.54, 1.807) is 13.2 Å². The van der Waals surface area contributed by atoms with Gasteiger partial charge in [-0.1, -0.05) is 36.4 Å². The summed E-state index contributed by atoms with van der Waals surface area (Å²) in [5.74, 6) is 0.827. The highest BCUT2D eigenvalue weighted by molar-refractivity contribution is 5.92. The molecule has 1 fully saturated rings. The fourth-order valence-corrected chi connectivity index (χ4v) is 3.82. The van der Waals surface area contributed by atoms with Crippen LogP contribution in [0.4, 0.5) is 0 Å². The standard InChI is InChI=1S/C25H27N3O4/c1-31-22-15-19(24-27-21(17-32-24)25(30)28-12-6-3-7-13-28)10-11-20(22)16-26-23(29)14-18-8-4-2-5-9-18/h2,4-5,8-11,15,17H,3,6-7,12-14,16H2,1H3,(H,26,29). The molecule has 2 amide bonds. The molecule has 7 nitrogen and oxygen atoms in total. The quantitative estimate of drug-likeness (QED) is 0.612. The van der Waals surface area contributed by atoms with Crippen LogP contribution in [0.1, 0.15) is 40.9 Å². The Morgan fingerprint density at radius 2 is 1.88 bits per heavy atom. The number of hydrogen-bond donors (Lipinski definition) is 1. The van der Waals surface area contributed by atoms with Crippen molar-refractivity contribution in [2.75, 3.05) is 20.2 Å². The van der Waals surface area contributed by atoms with Crippen LogP contribution < -0.4 is 10.1 Å². The molecule has 4 rings (SSSR count). The highest BCUT2D eigenvalue weighted by atomic mass is 16.5. The van der Waals surface area contributed by atoms with Gasteiger partial charge in [0.25, 0.3) is 5.91 Å². The number of likely N-dealkylation sites (tertiary alicyclic amines) is 1. The van der Waals surface area contributed by atoms with Crippen LogP contribution in [-0.4, -0.2) is 41.9 Å². The van der Waals surface area contributed by atoms with E-state index in [0.717, 1.165) is 43.5 Å². The Labute approximate surface area is 187 Å². The van der Waals surface area contributed by atoms with Gasteiger partial charge in [0.1, 0.15) is 12.0 Å². The van der Waals surface area contributed by atoms with Crippen LogP contribution in [0.25, 0.3) is 11.5 Å². The molecule has 0 atom stereocenters. The molecular weight excluding hydrogens is 406 g/mol. The maximum atomic E-state index is 12.6. The Morgan fingerprint density at radius 1 is 1.09 bits per heavy atom. The third-order valence-electron chi connectivity index (χ3n) is 5.58. The Hall–Kier alpha value is -3.61. The Kier molecular flexibility index (Phi) is 6.84. The van der Waals surface area contributed by atoms with Crippen molar-refractivity contribution in [3.8, 4) is 17.2 Å². The number of nitrogens with one attached hydrogen (secondary N) is 1. The maximum absolute atomic E-state index is 12.6. The molecule has 0 unspecified atom stereocenters. The van der Waals surface area contributed by atoms with Gasteiger partial charge in [-0.3, -0.25) is 9.59 Å². The monoisotopic (exact) mass is 433 g/mol. The minimum absolute atomic E-state index is 0.0594. The van der Waals surface area contributed by atoms with Crippen molar-refractivity contribution >= 4 is 11.8 Å². The molecule has 1 aliphatic rings. The number of rotatable bonds is 7. The van der Waals surface area contributed by atoms with E-state index in [-0.39, 0.29) is 11.8 Å². The van der Waals surface area contributed by atoms with E-state index >= 15 is 0 Å². The summed E-state index contributed by atoms with van der Waals surface area (Å²) in [5.41, 5.74) is 2.83. The summed E-state index contributed by atoms with van der Waals surface area (Å²) < 4.78 is 11.1. The first kappa shape index (κ1) is 21.6. The van der Waals surface area contributed by atoms with Crippen LogP contribution in [0.3, 0.4) is 0 Å². The van der Waals surface area contributed by atoms with Gasteiger partial charge in [-0.15, -0.1) is 0 Å². The Bertz CT molecular complexity index is 1070. The van der Waals surface area contributed by atoms with Gasteiger partial charge in [-0.25, -0.2) is 4.98 Å². The first-order valence-corrected chi connectivity index (χ1v) is 10.9. The molecule has 0 bridgehead atoms. The lowest BCUT2D eigenvalue weighted by molar-refractivity contribution is -0.120. The lowest BCUT2D eigenvalue weighted by atomic mass is 10.1. The van der Waals surface area contributed by atoms with E-state index in [1.165, 1.54) is 6.26 Å². The lowest BCUT2D eigenvalue weighted by Crippen LogP contribution is -2.35. The molecule has 3 aromatic rings. The van der Waals surface area contributed by atoms with Crippen molar-refractivity contribution in [2.45, 2.75) is 32.2 Å². The average molecular weight is 434 g/mol. The normalized spacial score (nSPS) is 13.6. The number of hydrogen-bond acceptors (Lipinski definition) is 5. The molecule has 0 saturated carbocycles. The fraction of sp³-hybridized carbons (Fsp3) is 0.320. The summed E-state index contributed by atoms with van der Waals surface area (Å²) in [6.07, 6.45) is 4.95. The number of carbonyl (C=O) groups excluding carboxylic acids is 2. The number of amides is 2. The maximum Gasteiger partial charge on any atom is 0.275 e. The van der Waals surface area contributed by atoms with Crippen LogP contribution in [0, 0.1) is 0 Å². The fourth-order valence-electron chi connectivity index (χ4n) is 3.82. The summed E-state index contributed by atoms with van der Waals surface area (Å²) in [5, 5.41) is 2.93. The van der Waals surface area contributed by atoms with Crippen LogP contribution in [0.15, 0.2) is 59.2 Å². The second-order valence-corrected chi connectivity index (χ2v) is 7.86. The number of ether oxygens (including phenoxy) is 1. The molecule has 1 aliphatic heterocycles. The Morgan fingerprint density at radius 3 is 2.62 bits per heavy atom. The number of methoxy groups -OCH3 is 1. The van der Waals surface area contributed by atoms with Gasteiger partial charge in [-0.2, -0.15) is 0 Å². The number of piperidine rings is 1. The summed E-state index contributed by atoms with van der Waals surface area (Å²) >= 11 is 0. The van der Waals surface area contributed by atoms with Crippen LogP contribution in [-0.2, 0) is 17.8 Å². The second kappa shape index (κ2) is 10.1. The van der Waals surface area contributed by atoms with Crippen LogP contribution in [0.2, 0.25) is 0 Å². The summed E-state index contributed by atoms with van der Waals surface area (Å²) in [4.78, 5) is 31.1. The highest BCUT2D eigenvalue weighted by Crippen LogP contribution is 2.27. The number of nitrogens with zero attached hydrogens (tertiary/aromatic N) is 2. The minimum atomic E-state index is -0.0931. The number of oxazole rings is 1.